The standard InChI is InChI=1S/C21H22N2O4/c1-3-4-10-27-19-9-8-15(12-20(19)26-2)11-16(14-22)21(25)23-17-6-5-7-18(24)13-17/h5-9,11-13,24H,3-4,10H2,1-2H3,(H,23,25)/b16-11+. The van der Waals surface area contributed by atoms with Gasteiger partial charge in [0.1, 0.15) is 17.4 Å². The van der Waals surface area contributed by atoms with E-state index >= 15 is 0 Å². The van der Waals surface area contributed by atoms with Crippen LogP contribution in [-0.2, 0) is 4.79 Å². The van der Waals surface area contributed by atoms with Gasteiger partial charge in [0, 0.05) is 11.8 Å². The maximum atomic E-state index is 12.3. The van der Waals surface area contributed by atoms with Gasteiger partial charge < -0.3 is 19.9 Å². The van der Waals surface area contributed by atoms with Gasteiger partial charge in [0.25, 0.3) is 5.91 Å². The maximum absolute atomic E-state index is 12.3. The largest absolute Gasteiger partial charge is 0.508 e. The van der Waals surface area contributed by atoms with Gasteiger partial charge in [-0.15, -0.1) is 0 Å². The number of phenolic OH excluding ortho intramolecular Hbond substituents is 1. The number of hydrogen-bond donors (Lipinski definition) is 2. The monoisotopic (exact) mass is 366 g/mol. The summed E-state index contributed by atoms with van der Waals surface area (Å²) in [5, 5.41) is 21.4. The molecule has 0 aliphatic rings. The smallest absolute Gasteiger partial charge is 0.266 e. The lowest BCUT2D eigenvalue weighted by atomic mass is 10.1. The second-order valence-electron chi connectivity index (χ2n) is 5.79. The molecule has 2 aromatic rings. The molecule has 0 heterocycles. The van der Waals surface area contributed by atoms with E-state index in [1.807, 2.05) is 6.07 Å². The fourth-order valence-corrected chi connectivity index (χ4v) is 2.32. The van der Waals surface area contributed by atoms with Gasteiger partial charge in [0.2, 0.25) is 0 Å². The number of nitrogens with one attached hydrogen (secondary N) is 1. The van der Waals surface area contributed by atoms with Gasteiger partial charge in [-0.2, -0.15) is 5.26 Å². The Balaban J connectivity index is 2.18. The average Bonchev–Trinajstić information content (AvgIpc) is 2.66. The number of rotatable bonds is 8. The van der Waals surface area contributed by atoms with Crippen LogP contribution in [0, 0.1) is 11.3 Å². The third kappa shape index (κ3) is 5.79. The van der Waals surface area contributed by atoms with Crippen molar-refractivity contribution in [3.63, 3.8) is 0 Å². The van der Waals surface area contributed by atoms with Gasteiger partial charge in [-0.1, -0.05) is 25.5 Å². The molecule has 0 aromatic heterocycles. The number of ether oxygens (including phenoxy) is 2. The van der Waals surface area contributed by atoms with Crippen molar-refractivity contribution in [2.45, 2.75) is 19.8 Å². The minimum absolute atomic E-state index is 0.0266. The van der Waals surface area contributed by atoms with Crippen LogP contribution in [0.1, 0.15) is 25.3 Å². The summed E-state index contributed by atoms with van der Waals surface area (Å²) in [5.74, 6) is 0.611. The molecule has 0 saturated heterocycles. The van der Waals surface area contributed by atoms with Crippen molar-refractivity contribution in [1.29, 1.82) is 5.26 Å². The van der Waals surface area contributed by atoms with Crippen molar-refractivity contribution in [1.82, 2.24) is 0 Å². The van der Waals surface area contributed by atoms with Crippen molar-refractivity contribution in [2.75, 3.05) is 19.0 Å². The predicted molar refractivity (Wildman–Crippen MR) is 104 cm³/mol. The second kappa shape index (κ2) is 9.88. The predicted octanol–water partition coefficient (Wildman–Crippen LogP) is 4.13. The first-order valence-corrected chi connectivity index (χ1v) is 8.60. The summed E-state index contributed by atoms with van der Waals surface area (Å²) >= 11 is 0. The molecule has 0 aliphatic carbocycles. The molecule has 140 valence electrons. The molecular weight excluding hydrogens is 344 g/mol. The molecule has 0 radical (unpaired) electrons. The summed E-state index contributed by atoms with van der Waals surface area (Å²) < 4.78 is 11.0. The highest BCUT2D eigenvalue weighted by atomic mass is 16.5. The van der Waals surface area contributed by atoms with Crippen LogP contribution in [-0.4, -0.2) is 24.7 Å². The molecule has 0 atom stereocenters. The Kier molecular flexibility index (Phi) is 7.26. The Hall–Kier alpha value is -3.46. The Bertz CT molecular complexity index is 869. The quantitative estimate of drug-likeness (QED) is 0.416. The molecule has 6 heteroatoms. The molecule has 2 N–H and O–H groups in total. The minimum Gasteiger partial charge on any atom is -0.508 e. The summed E-state index contributed by atoms with van der Waals surface area (Å²) in [7, 11) is 1.54. The average molecular weight is 366 g/mol. The molecule has 2 aromatic carbocycles. The van der Waals surface area contributed by atoms with Crippen LogP contribution in [0.4, 0.5) is 5.69 Å². The zero-order valence-electron chi connectivity index (χ0n) is 15.4. The van der Waals surface area contributed by atoms with Crippen LogP contribution in [0.5, 0.6) is 17.2 Å². The molecule has 0 spiro atoms. The second-order valence-corrected chi connectivity index (χ2v) is 5.79. The van der Waals surface area contributed by atoms with Crippen molar-refractivity contribution in [2.24, 2.45) is 0 Å². The number of phenols is 1. The molecule has 0 bridgehead atoms. The molecule has 0 fully saturated rings. The summed E-state index contributed by atoms with van der Waals surface area (Å²) in [5.41, 5.74) is 0.968. The van der Waals surface area contributed by atoms with E-state index in [9.17, 15) is 15.2 Å². The van der Waals surface area contributed by atoms with Gasteiger partial charge in [-0.05, 0) is 42.3 Å². The molecule has 0 aliphatic heterocycles. The summed E-state index contributed by atoms with van der Waals surface area (Å²) in [4.78, 5) is 12.3. The summed E-state index contributed by atoms with van der Waals surface area (Å²) in [6, 6.07) is 13.2. The van der Waals surface area contributed by atoms with Crippen LogP contribution in [0.25, 0.3) is 6.08 Å². The molecule has 6 nitrogen and oxygen atoms in total. The highest BCUT2D eigenvalue weighted by Crippen LogP contribution is 2.29. The number of carbonyl (C=O) groups is 1. The van der Waals surface area contributed by atoms with Crippen LogP contribution < -0.4 is 14.8 Å². The van der Waals surface area contributed by atoms with Crippen LogP contribution in [0.3, 0.4) is 0 Å². The first-order valence-electron chi connectivity index (χ1n) is 8.60. The van der Waals surface area contributed by atoms with E-state index in [-0.39, 0.29) is 11.3 Å². The molecular formula is C21H22N2O4. The maximum Gasteiger partial charge on any atom is 0.266 e. The van der Waals surface area contributed by atoms with Gasteiger partial charge in [0.05, 0.1) is 13.7 Å². The lowest BCUT2D eigenvalue weighted by Crippen LogP contribution is -2.13. The number of hydrogen-bond acceptors (Lipinski definition) is 5. The number of nitriles is 1. The van der Waals surface area contributed by atoms with E-state index in [2.05, 4.69) is 12.2 Å². The van der Waals surface area contributed by atoms with Gasteiger partial charge in [-0.25, -0.2) is 0 Å². The zero-order valence-corrected chi connectivity index (χ0v) is 15.4. The topological polar surface area (TPSA) is 91.6 Å². The third-order valence-electron chi connectivity index (χ3n) is 3.72. The van der Waals surface area contributed by atoms with E-state index in [4.69, 9.17) is 9.47 Å². The van der Waals surface area contributed by atoms with E-state index in [0.717, 1.165) is 12.8 Å². The molecule has 27 heavy (non-hydrogen) atoms. The van der Waals surface area contributed by atoms with E-state index in [1.165, 1.54) is 25.3 Å². The zero-order chi connectivity index (χ0) is 19.6. The number of amides is 1. The van der Waals surface area contributed by atoms with Crippen LogP contribution >= 0.6 is 0 Å². The first-order chi connectivity index (χ1) is 13.1. The van der Waals surface area contributed by atoms with Crippen molar-refractivity contribution in [3.05, 3.63) is 53.6 Å². The van der Waals surface area contributed by atoms with Crippen LogP contribution in [0.2, 0.25) is 0 Å². The molecule has 1 amide bonds. The number of carbonyl (C=O) groups excluding carboxylic acids is 1. The third-order valence-corrected chi connectivity index (χ3v) is 3.72. The lowest BCUT2D eigenvalue weighted by molar-refractivity contribution is -0.112. The molecule has 0 unspecified atom stereocenters. The SMILES string of the molecule is CCCCOc1ccc(/C=C(\C#N)C(=O)Nc2cccc(O)c2)cc1OC. The van der Waals surface area contributed by atoms with Gasteiger partial charge in [0.15, 0.2) is 11.5 Å². The highest BCUT2D eigenvalue weighted by Gasteiger charge is 2.11. The number of nitrogens with zero attached hydrogens (tertiary/aromatic N) is 1. The minimum atomic E-state index is -0.565. The normalized spacial score (nSPS) is 10.8. The van der Waals surface area contributed by atoms with Gasteiger partial charge in [-0.3, -0.25) is 4.79 Å². The lowest BCUT2D eigenvalue weighted by Gasteiger charge is -2.11. The number of unbranched alkanes of at least 4 members (excludes halogenated alkanes) is 1. The molecule has 2 rings (SSSR count). The fourth-order valence-electron chi connectivity index (χ4n) is 2.32. The van der Waals surface area contributed by atoms with Crippen LogP contribution in [0.15, 0.2) is 48.0 Å². The van der Waals surface area contributed by atoms with Crippen molar-refractivity contribution >= 4 is 17.7 Å². The van der Waals surface area contributed by atoms with Gasteiger partial charge >= 0.3 is 0 Å². The Morgan fingerprint density at radius 2 is 2.07 bits per heavy atom. The van der Waals surface area contributed by atoms with Crippen molar-refractivity contribution < 1.29 is 19.4 Å². The first kappa shape index (κ1) is 19.9. The van der Waals surface area contributed by atoms with E-state index < -0.39 is 5.91 Å². The van der Waals surface area contributed by atoms with Crippen molar-refractivity contribution in [3.8, 4) is 23.3 Å². The Morgan fingerprint density at radius 1 is 1.26 bits per heavy atom. The van der Waals surface area contributed by atoms with E-state index in [1.54, 1.807) is 30.3 Å². The number of benzene rings is 2. The Labute approximate surface area is 158 Å². The molecule has 0 saturated carbocycles. The number of anilines is 1. The fraction of sp³-hybridized carbons (Fsp3) is 0.238. The summed E-state index contributed by atoms with van der Waals surface area (Å²) in [6.07, 6.45) is 3.44. The Morgan fingerprint density at radius 3 is 2.74 bits per heavy atom. The number of aromatic hydroxyl groups is 1. The van der Waals surface area contributed by atoms with E-state index in [0.29, 0.717) is 29.4 Å². The number of methoxy groups -OCH3 is 1. The summed E-state index contributed by atoms with van der Waals surface area (Å²) in [6.45, 7) is 2.68. The highest BCUT2D eigenvalue weighted by molar-refractivity contribution is 6.09.